The zero-order chi connectivity index (χ0) is 18.8. The Morgan fingerprint density at radius 3 is 2.12 bits per heavy atom. The fourth-order valence-corrected chi connectivity index (χ4v) is 2.72. The SMILES string of the molecule is CCCCc1ccc(-c2ccc(C(=O)OC(C)COCCC)cc2)cc1. The number of ether oxygens (including phenoxy) is 2. The first-order valence-electron chi connectivity index (χ1n) is 9.62. The summed E-state index contributed by atoms with van der Waals surface area (Å²) in [5, 5.41) is 0. The second-order valence-electron chi connectivity index (χ2n) is 6.67. The van der Waals surface area contributed by atoms with Gasteiger partial charge < -0.3 is 9.47 Å². The molecule has 0 fully saturated rings. The van der Waals surface area contributed by atoms with Gasteiger partial charge in [-0.2, -0.15) is 0 Å². The van der Waals surface area contributed by atoms with Crippen LogP contribution in [0.2, 0.25) is 0 Å². The van der Waals surface area contributed by atoms with Crippen molar-refractivity contribution in [3.63, 3.8) is 0 Å². The van der Waals surface area contributed by atoms with Crippen molar-refractivity contribution in [1.82, 2.24) is 0 Å². The molecule has 0 heterocycles. The molecular weight excluding hydrogens is 324 g/mol. The maximum absolute atomic E-state index is 12.2. The Balaban J connectivity index is 1.93. The molecule has 0 saturated heterocycles. The van der Waals surface area contributed by atoms with Crippen molar-refractivity contribution >= 4 is 5.97 Å². The van der Waals surface area contributed by atoms with Crippen LogP contribution in [0, 0.1) is 0 Å². The number of benzene rings is 2. The number of esters is 1. The van der Waals surface area contributed by atoms with Crippen molar-refractivity contribution in [2.24, 2.45) is 0 Å². The number of hydrogen-bond acceptors (Lipinski definition) is 3. The summed E-state index contributed by atoms with van der Waals surface area (Å²) in [5.74, 6) is -0.306. The van der Waals surface area contributed by atoms with E-state index in [2.05, 4.69) is 38.1 Å². The molecule has 2 rings (SSSR count). The lowest BCUT2D eigenvalue weighted by Crippen LogP contribution is -2.20. The van der Waals surface area contributed by atoms with E-state index in [1.807, 2.05) is 31.2 Å². The number of carbonyl (C=O) groups excluding carboxylic acids is 1. The molecule has 0 amide bonds. The van der Waals surface area contributed by atoms with Crippen molar-refractivity contribution in [3.8, 4) is 11.1 Å². The van der Waals surface area contributed by atoms with E-state index in [9.17, 15) is 4.79 Å². The van der Waals surface area contributed by atoms with Crippen LogP contribution in [0.1, 0.15) is 56.0 Å². The van der Waals surface area contributed by atoms with Gasteiger partial charge in [0.25, 0.3) is 0 Å². The highest BCUT2D eigenvalue weighted by molar-refractivity contribution is 5.90. The molecule has 0 N–H and O–H groups in total. The van der Waals surface area contributed by atoms with E-state index in [1.165, 1.54) is 18.4 Å². The molecule has 0 saturated carbocycles. The van der Waals surface area contributed by atoms with E-state index in [4.69, 9.17) is 9.47 Å². The first-order chi connectivity index (χ1) is 12.6. The lowest BCUT2D eigenvalue weighted by atomic mass is 10.0. The van der Waals surface area contributed by atoms with Crippen LogP contribution in [-0.4, -0.2) is 25.3 Å². The van der Waals surface area contributed by atoms with E-state index in [0.717, 1.165) is 24.0 Å². The zero-order valence-corrected chi connectivity index (χ0v) is 16.2. The van der Waals surface area contributed by atoms with Gasteiger partial charge in [-0.25, -0.2) is 4.79 Å². The van der Waals surface area contributed by atoms with E-state index < -0.39 is 0 Å². The second-order valence-corrected chi connectivity index (χ2v) is 6.67. The lowest BCUT2D eigenvalue weighted by Gasteiger charge is -2.13. The minimum atomic E-state index is -0.306. The van der Waals surface area contributed by atoms with Crippen LogP contribution in [0.4, 0.5) is 0 Å². The van der Waals surface area contributed by atoms with Gasteiger partial charge >= 0.3 is 5.97 Å². The first kappa shape index (κ1) is 20.2. The van der Waals surface area contributed by atoms with Crippen molar-refractivity contribution in [1.29, 1.82) is 0 Å². The van der Waals surface area contributed by atoms with Crippen LogP contribution in [0.15, 0.2) is 48.5 Å². The quantitative estimate of drug-likeness (QED) is 0.407. The van der Waals surface area contributed by atoms with E-state index in [1.54, 1.807) is 0 Å². The molecule has 2 aromatic carbocycles. The maximum atomic E-state index is 12.2. The molecule has 0 aliphatic carbocycles. The predicted octanol–water partition coefficient (Wildman–Crippen LogP) is 5.67. The monoisotopic (exact) mass is 354 g/mol. The van der Waals surface area contributed by atoms with Gasteiger partial charge in [-0.15, -0.1) is 0 Å². The molecule has 1 unspecified atom stereocenters. The largest absolute Gasteiger partial charge is 0.457 e. The molecule has 2 aromatic rings. The van der Waals surface area contributed by atoms with Crippen molar-refractivity contribution in [2.45, 2.75) is 52.6 Å². The molecule has 26 heavy (non-hydrogen) atoms. The molecule has 3 heteroatoms. The Kier molecular flexibility index (Phi) is 8.36. The van der Waals surface area contributed by atoms with Crippen molar-refractivity contribution in [3.05, 3.63) is 59.7 Å². The summed E-state index contributed by atoms with van der Waals surface area (Å²) in [6, 6.07) is 16.2. The van der Waals surface area contributed by atoms with Gasteiger partial charge in [0.05, 0.1) is 12.2 Å². The van der Waals surface area contributed by atoms with Gasteiger partial charge in [0.2, 0.25) is 0 Å². The molecule has 0 aliphatic heterocycles. The van der Waals surface area contributed by atoms with E-state index in [0.29, 0.717) is 18.8 Å². The third kappa shape index (κ3) is 6.30. The molecular formula is C23H30O3. The summed E-state index contributed by atoms with van der Waals surface area (Å²) >= 11 is 0. The summed E-state index contributed by atoms with van der Waals surface area (Å²) in [7, 11) is 0. The lowest BCUT2D eigenvalue weighted by molar-refractivity contribution is 0.00226. The van der Waals surface area contributed by atoms with Crippen LogP contribution in [-0.2, 0) is 15.9 Å². The summed E-state index contributed by atoms with van der Waals surface area (Å²) in [6.45, 7) is 7.23. The standard InChI is InChI=1S/C23H30O3/c1-4-6-7-19-8-10-20(11-9-19)21-12-14-22(15-13-21)23(24)26-18(3)17-25-16-5-2/h8-15,18H,4-7,16-17H2,1-3H3. The number of aryl methyl sites for hydroxylation is 1. The van der Waals surface area contributed by atoms with Gasteiger partial charge in [-0.05, 0) is 55.0 Å². The fraction of sp³-hybridized carbons (Fsp3) is 0.435. The molecule has 0 spiro atoms. The molecule has 0 radical (unpaired) electrons. The Labute approximate surface area is 157 Å². The number of unbranched alkanes of at least 4 members (excludes halogenated alkanes) is 1. The number of rotatable bonds is 10. The van der Waals surface area contributed by atoms with Crippen LogP contribution >= 0.6 is 0 Å². The number of hydrogen-bond donors (Lipinski definition) is 0. The second kappa shape index (κ2) is 10.8. The molecule has 3 nitrogen and oxygen atoms in total. The zero-order valence-electron chi connectivity index (χ0n) is 16.2. The third-order valence-corrected chi connectivity index (χ3v) is 4.24. The van der Waals surface area contributed by atoms with Crippen molar-refractivity contribution in [2.75, 3.05) is 13.2 Å². The molecule has 1 atom stereocenters. The Bertz CT molecular complexity index is 659. The average molecular weight is 354 g/mol. The summed E-state index contributed by atoms with van der Waals surface area (Å²) in [5.41, 5.74) is 4.19. The molecule has 140 valence electrons. The minimum Gasteiger partial charge on any atom is -0.457 e. The van der Waals surface area contributed by atoms with Gasteiger partial charge in [-0.1, -0.05) is 56.7 Å². The van der Waals surface area contributed by atoms with Crippen molar-refractivity contribution < 1.29 is 14.3 Å². The van der Waals surface area contributed by atoms with E-state index in [-0.39, 0.29) is 12.1 Å². The predicted molar refractivity (Wildman–Crippen MR) is 106 cm³/mol. The molecule has 0 aliphatic rings. The van der Waals surface area contributed by atoms with E-state index >= 15 is 0 Å². The average Bonchev–Trinajstić information content (AvgIpc) is 2.67. The Morgan fingerprint density at radius 2 is 1.54 bits per heavy atom. The van der Waals surface area contributed by atoms with Crippen LogP contribution in [0.3, 0.4) is 0 Å². The Hall–Kier alpha value is -2.13. The Morgan fingerprint density at radius 1 is 0.923 bits per heavy atom. The van der Waals surface area contributed by atoms with Gasteiger partial charge in [-0.3, -0.25) is 0 Å². The smallest absolute Gasteiger partial charge is 0.338 e. The topological polar surface area (TPSA) is 35.5 Å². The summed E-state index contributed by atoms with van der Waals surface area (Å²) in [4.78, 5) is 12.2. The van der Waals surface area contributed by atoms with Crippen LogP contribution < -0.4 is 0 Å². The highest BCUT2D eigenvalue weighted by Crippen LogP contribution is 2.21. The highest BCUT2D eigenvalue weighted by atomic mass is 16.6. The van der Waals surface area contributed by atoms with Gasteiger partial charge in [0.15, 0.2) is 0 Å². The first-order valence-corrected chi connectivity index (χ1v) is 9.62. The normalized spacial score (nSPS) is 12.0. The van der Waals surface area contributed by atoms with Gasteiger partial charge in [0.1, 0.15) is 6.10 Å². The maximum Gasteiger partial charge on any atom is 0.338 e. The number of carbonyl (C=O) groups is 1. The summed E-state index contributed by atoms with van der Waals surface area (Å²) in [6.07, 6.45) is 4.27. The summed E-state index contributed by atoms with van der Waals surface area (Å²) < 4.78 is 10.8. The van der Waals surface area contributed by atoms with Gasteiger partial charge in [0, 0.05) is 6.61 Å². The van der Waals surface area contributed by atoms with Crippen LogP contribution in [0.25, 0.3) is 11.1 Å². The highest BCUT2D eigenvalue weighted by Gasteiger charge is 2.12. The third-order valence-electron chi connectivity index (χ3n) is 4.24. The minimum absolute atomic E-state index is 0.246. The van der Waals surface area contributed by atoms with Crippen LogP contribution in [0.5, 0.6) is 0 Å². The molecule has 0 aromatic heterocycles. The molecule has 0 bridgehead atoms. The fourth-order valence-electron chi connectivity index (χ4n) is 2.72.